The van der Waals surface area contributed by atoms with Crippen LogP contribution in [0.3, 0.4) is 0 Å². The second-order valence-corrected chi connectivity index (χ2v) is 4.32. The summed E-state index contributed by atoms with van der Waals surface area (Å²) in [5.41, 5.74) is 2.82. The Balaban J connectivity index is 2.15. The molecule has 1 saturated carbocycles. The minimum atomic E-state index is 0.760. The number of nitrogens with zero attached hydrogens (tertiary/aromatic N) is 2. The Bertz CT molecular complexity index is 346. The fourth-order valence-electron chi connectivity index (χ4n) is 2.86. The Hall–Kier alpha value is -0.920. The SMILES string of the molecule is Cc1ncc2c(n1)C1CCCC2C1. The first-order valence-corrected chi connectivity index (χ1v) is 5.18. The summed E-state index contributed by atoms with van der Waals surface area (Å²) in [4.78, 5) is 8.89. The van der Waals surface area contributed by atoms with Gasteiger partial charge in [0.1, 0.15) is 5.82 Å². The van der Waals surface area contributed by atoms with Crippen LogP contribution in [0.25, 0.3) is 0 Å². The molecule has 2 aliphatic rings. The molecule has 0 aromatic carbocycles. The van der Waals surface area contributed by atoms with Gasteiger partial charge >= 0.3 is 0 Å². The van der Waals surface area contributed by atoms with Crippen molar-refractivity contribution in [1.29, 1.82) is 0 Å². The topological polar surface area (TPSA) is 25.8 Å². The van der Waals surface area contributed by atoms with Crippen LogP contribution in [-0.2, 0) is 0 Å². The summed E-state index contributed by atoms with van der Waals surface area (Å²) in [5.74, 6) is 2.48. The predicted octanol–water partition coefficient (Wildman–Crippen LogP) is 2.54. The average molecular weight is 174 g/mol. The van der Waals surface area contributed by atoms with Gasteiger partial charge in [0, 0.05) is 12.1 Å². The van der Waals surface area contributed by atoms with Crippen molar-refractivity contribution in [3.63, 3.8) is 0 Å². The summed E-state index contributed by atoms with van der Waals surface area (Å²) in [6.45, 7) is 1.99. The highest BCUT2D eigenvalue weighted by atomic mass is 14.9. The van der Waals surface area contributed by atoms with Gasteiger partial charge in [-0.25, -0.2) is 9.97 Å². The highest BCUT2D eigenvalue weighted by Crippen LogP contribution is 2.49. The van der Waals surface area contributed by atoms with E-state index < -0.39 is 0 Å². The van der Waals surface area contributed by atoms with Crippen LogP contribution in [0.2, 0.25) is 0 Å². The zero-order valence-corrected chi connectivity index (χ0v) is 7.95. The highest BCUT2D eigenvalue weighted by Gasteiger charge is 2.35. The molecule has 2 bridgehead atoms. The quantitative estimate of drug-likeness (QED) is 0.604. The first kappa shape index (κ1) is 7.48. The molecule has 0 amide bonds. The summed E-state index contributed by atoms with van der Waals surface area (Å²) >= 11 is 0. The van der Waals surface area contributed by atoms with Gasteiger partial charge in [0.05, 0.1) is 5.69 Å². The molecule has 1 fully saturated rings. The van der Waals surface area contributed by atoms with Crippen LogP contribution in [0, 0.1) is 6.92 Å². The molecule has 0 radical (unpaired) electrons. The van der Waals surface area contributed by atoms with Gasteiger partial charge in [-0.2, -0.15) is 0 Å². The lowest BCUT2D eigenvalue weighted by atomic mass is 9.87. The van der Waals surface area contributed by atoms with Gasteiger partial charge in [-0.3, -0.25) is 0 Å². The minimum absolute atomic E-state index is 0.760. The Kier molecular flexibility index (Phi) is 1.46. The van der Waals surface area contributed by atoms with E-state index in [0.29, 0.717) is 0 Å². The lowest BCUT2D eigenvalue weighted by Crippen LogP contribution is -2.01. The van der Waals surface area contributed by atoms with E-state index in [1.807, 2.05) is 6.92 Å². The molecule has 1 aromatic rings. The molecule has 2 atom stereocenters. The van der Waals surface area contributed by atoms with Crippen LogP contribution >= 0.6 is 0 Å². The molecule has 68 valence electrons. The monoisotopic (exact) mass is 174 g/mol. The van der Waals surface area contributed by atoms with Crippen LogP contribution < -0.4 is 0 Å². The molecule has 1 aromatic heterocycles. The lowest BCUT2D eigenvalue weighted by molar-refractivity contribution is 0.432. The van der Waals surface area contributed by atoms with Gasteiger partial charge in [0.2, 0.25) is 0 Å². The molecule has 1 heterocycles. The van der Waals surface area contributed by atoms with Crippen molar-refractivity contribution >= 4 is 0 Å². The molecular weight excluding hydrogens is 160 g/mol. The van der Waals surface area contributed by atoms with Crippen molar-refractivity contribution in [3.8, 4) is 0 Å². The zero-order valence-electron chi connectivity index (χ0n) is 7.95. The number of hydrogen-bond donors (Lipinski definition) is 0. The van der Waals surface area contributed by atoms with Crippen molar-refractivity contribution < 1.29 is 0 Å². The first-order chi connectivity index (χ1) is 6.34. The van der Waals surface area contributed by atoms with Crippen LogP contribution in [-0.4, -0.2) is 9.97 Å². The molecule has 3 rings (SSSR count). The summed E-state index contributed by atoms with van der Waals surface area (Å²) in [6, 6.07) is 0. The van der Waals surface area contributed by atoms with Gasteiger partial charge in [0.25, 0.3) is 0 Å². The smallest absolute Gasteiger partial charge is 0.125 e. The maximum atomic E-state index is 4.59. The van der Waals surface area contributed by atoms with Gasteiger partial charge in [0.15, 0.2) is 0 Å². The Morgan fingerprint density at radius 2 is 2.15 bits per heavy atom. The molecule has 2 nitrogen and oxygen atoms in total. The van der Waals surface area contributed by atoms with Crippen molar-refractivity contribution in [3.05, 3.63) is 23.3 Å². The largest absolute Gasteiger partial charge is 0.241 e. The fourth-order valence-corrected chi connectivity index (χ4v) is 2.86. The molecule has 0 saturated heterocycles. The van der Waals surface area contributed by atoms with E-state index in [2.05, 4.69) is 16.2 Å². The molecule has 0 aliphatic heterocycles. The van der Waals surface area contributed by atoms with E-state index in [9.17, 15) is 0 Å². The summed E-state index contributed by atoms with van der Waals surface area (Å²) in [5, 5.41) is 0. The third kappa shape index (κ3) is 1.01. The number of aryl methyl sites for hydroxylation is 1. The van der Waals surface area contributed by atoms with E-state index in [0.717, 1.165) is 17.7 Å². The van der Waals surface area contributed by atoms with E-state index >= 15 is 0 Å². The van der Waals surface area contributed by atoms with Crippen molar-refractivity contribution in [2.75, 3.05) is 0 Å². The Morgan fingerprint density at radius 1 is 1.31 bits per heavy atom. The van der Waals surface area contributed by atoms with Crippen LogP contribution in [0.4, 0.5) is 0 Å². The van der Waals surface area contributed by atoms with Crippen molar-refractivity contribution in [2.24, 2.45) is 0 Å². The molecule has 0 spiro atoms. The minimum Gasteiger partial charge on any atom is -0.241 e. The third-order valence-electron chi connectivity index (χ3n) is 3.47. The van der Waals surface area contributed by atoms with Gasteiger partial charge in [-0.15, -0.1) is 0 Å². The Labute approximate surface area is 78.4 Å². The molecule has 0 N–H and O–H groups in total. The van der Waals surface area contributed by atoms with E-state index in [-0.39, 0.29) is 0 Å². The zero-order chi connectivity index (χ0) is 8.84. The second-order valence-electron chi connectivity index (χ2n) is 4.32. The van der Waals surface area contributed by atoms with Crippen LogP contribution in [0.15, 0.2) is 6.20 Å². The van der Waals surface area contributed by atoms with Gasteiger partial charge in [-0.1, -0.05) is 6.42 Å². The summed E-state index contributed by atoms with van der Waals surface area (Å²) in [7, 11) is 0. The van der Waals surface area contributed by atoms with E-state index in [1.165, 1.54) is 36.9 Å². The number of rotatable bonds is 0. The maximum Gasteiger partial charge on any atom is 0.125 e. The fraction of sp³-hybridized carbons (Fsp3) is 0.636. The molecular formula is C11H14N2. The average Bonchev–Trinajstić information content (AvgIpc) is 2.39. The number of fused-ring (bicyclic) bond motifs is 5. The summed E-state index contributed by atoms with van der Waals surface area (Å²) < 4.78 is 0. The number of aromatic nitrogens is 2. The maximum absolute atomic E-state index is 4.59. The molecule has 13 heavy (non-hydrogen) atoms. The second kappa shape index (κ2) is 2.53. The van der Waals surface area contributed by atoms with Gasteiger partial charge < -0.3 is 0 Å². The van der Waals surface area contributed by atoms with E-state index in [4.69, 9.17) is 0 Å². The van der Waals surface area contributed by atoms with Crippen molar-refractivity contribution in [2.45, 2.75) is 44.4 Å². The molecule has 2 aliphatic carbocycles. The lowest BCUT2D eigenvalue weighted by Gasteiger charge is -2.17. The standard InChI is InChI=1S/C11H14N2/c1-7-12-6-10-8-3-2-4-9(5-8)11(10)13-7/h6,8-9H,2-5H2,1H3. The Morgan fingerprint density at radius 3 is 3.08 bits per heavy atom. The first-order valence-electron chi connectivity index (χ1n) is 5.18. The van der Waals surface area contributed by atoms with Crippen molar-refractivity contribution in [1.82, 2.24) is 9.97 Å². The number of hydrogen-bond acceptors (Lipinski definition) is 2. The molecule has 2 unspecified atom stereocenters. The van der Waals surface area contributed by atoms with Gasteiger partial charge in [-0.05, 0) is 37.7 Å². The van der Waals surface area contributed by atoms with Crippen LogP contribution in [0.5, 0.6) is 0 Å². The normalized spacial score (nSPS) is 30.2. The van der Waals surface area contributed by atoms with Crippen LogP contribution in [0.1, 0.15) is 54.6 Å². The third-order valence-corrected chi connectivity index (χ3v) is 3.47. The highest BCUT2D eigenvalue weighted by molar-refractivity contribution is 5.32. The predicted molar refractivity (Wildman–Crippen MR) is 50.7 cm³/mol. The van der Waals surface area contributed by atoms with E-state index in [1.54, 1.807) is 0 Å². The summed E-state index contributed by atoms with van der Waals surface area (Å²) in [6.07, 6.45) is 7.49. The molecule has 2 heteroatoms.